The minimum Gasteiger partial charge on any atom is -0.379 e. The maximum atomic E-state index is 5.41. The molecular weight excluding hydrogens is 186 g/mol. The van der Waals surface area contributed by atoms with E-state index >= 15 is 0 Å². The number of rotatable bonds is 5. The predicted molar refractivity (Wildman–Crippen MR) is 65.1 cm³/mol. The first-order chi connectivity index (χ1) is 6.87. The number of ether oxygens (including phenoxy) is 1. The van der Waals surface area contributed by atoms with E-state index in [1.807, 2.05) is 0 Å². The highest BCUT2D eigenvalue weighted by atomic mass is 16.5. The molecule has 15 heavy (non-hydrogen) atoms. The Morgan fingerprint density at radius 1 is 1.40 bits per heavy atom. The topological polar surface area (TPSA) is 21.3 Å². The average molecular weight is 213 g/mol. The SMILES string of the molecule is COC(C)(C)CCNC1CCCC1(C)C. The van der Waals surface area contributed by atoms with Crippen LogP contribution in [0.5, 0.6) is 0 Å². The number of hydrogen-bond acceptors (Lipinski definition) is 2. The van der Waals surface area contributed by atoms with Crippen LogP contribution in [0.1, 0.15) is 53.4 Å². The molecule has 0 aromatic heterocycles. The lowest BCUT2D eigenvalue weighted by atomic mass is 9.87. The van der Waals surface area contributed by atoms with Gasteiger partial charge in [-0.05, 0) is 45.1 Å². The van der Waals surface area contributed by atoms with E-state index in [1.54, 1.807) is 7.11 Å². The Bertz CT molecular complexity index is 199. The Hall–Kier alpha value is -0.0800. The van der Waals surface area contributed by atoms with Crippen molar-refractivity contribution < 1.29 is 4.74 Å². The maximum absolute atomic E-state index is 5.41. The van der Waals surface area contributed by atoms with Crippen LogP contribution in [0.15, 0.2) is 0 Å². The quantitative estimate of drug-likeness (QED) is 0.758. The van der Waals surface area contributed by atoms with E-state index in [2.05, 4.69) is 33.0 Å². The molecule has 1 aliphatic rings. The molecule has 1 saturated carbocycles. The molecule has 1 atom stereocenters. The van der Waals surface area contributed by atoms with E-state index in [9.17, 15) is 0 Å². The highest BCUT2D eigenvalue weighted by Gasteiger charge is 2.34. The van der Waals surface area contributed by atoms with Gasteiger partial charge in [0.2, 0.25) is 0 Å². The van der Waals surface area contributed by atoms with Crippen molar-refractivity contribution in [3.05, 3.63) is 0 Å². The lowest BCUT2D eigenvalue weighted by molar-refractivity contribution is 0.0146. The largest absolute Gasteiger partial charge is 0.379 e. The fraction of sp³-hybridized carbons (Fsp3) is 1.00. The minimum absolute atomic E-state index is 0.00967. The molecule has 1 unspecified atom stereocenters. The van der Waals surface area contributed by atoms with E-state index in [0.717, 1.165) is 13.0 Å². The summed E-state index contributed by atoms with van der Waals surface area (Å²) in [6, 6.07) is 0.699. The van der Waals surface area contributed by atoms with Gasteiger partial charge in [0.1, 0.15) is 0 Å². The fourth-order valence-electron chi connectivity index (χ4n) is 2.35. The van der Waals surface area contributed by atoms with Crippen LogP contribution in [-0.4, -0.2) is 25.3 Å². The van der Waals surface area contributed by atoms with Crippen molar-refractivity contribution in [1.29, 1.82) is 0 Å². The predicted octanol–water partition coefficient (Wildman–Crippen LogP) is 2.97. The third kappa shape index (κ3) is 3.76. The first-order valence-corrected chi connectivity index (χ1v) is 6.16. The summed E-state index contributed by atoms with van der Waals surface area (Å²) in [5.74, 6) is 0. The number of methoxy groups -OCH3 is 1. The second-order valence-corrected chi connectivity index (χ2v) is 6.10. The Morgan fingerprint density at radius 3 is 2.53 bits per heavy atom. The van der Waals surface area contributed by atoms with Crippen molar-refractivity contribution in [2.24, 2.45) is 5.41 Å². The third-order valence-electron chi connectivity index (χ3n) is 3.93. The summed E-state index contributed by atoms with van der Waals surface area (Å²) in [5.41, 5.74) is 0.493. The summed E-state index contributed by atoms with van der Waals surface area (Å²) in [6.07, 6.45) is 5.15. The average Bonchev–Trinajstić information content (AvgIpc) is 2.46. The van der Waals surface area contributed by atoms with E-state index in [0.29, 0.717) is 11.5 Å². The molecule has 90 valence electrons. The summed E-state index contributed by atoms with van der Waals surface area (Å²) in [7, 11) is 1.79. The summed E-state index contributed by atoms with van der Waals surface area (Å²) in [5, 5.41) is 3.68. The highest BCUT2D eigenvalue weighted by molar-refractivity contribution is 4.90. The van der Waals surface area contributed by atoms with Gasteiger partial charge in [0, 0.05) is 13.2 Å². The number of hydrogen-bond donors (Lipinski definition) is 1. The van der Waals surface area contributed by atoms with Crippen LogP contribution in [0.3, 0.4) is 0 Å². The molecule has 0 spiro atoms. The molecule has 0 heterocycles. The summed E-state index contributed by atoms with van der Waals surface area (Å²) in [6.45, 7) is 10.1. The van der Waals surface area contributed by atoms with Crippen molar-refractivity contribution in [3.63, 3.8) is 0 Å². The zero-order valence-corrected chi connectivity index (χ0v) is 11.0. The molecule has 0 aromatic rings. The molecule has 2 nitrogen and oxygen atoms in total. The van der Waals surface area contributed by atoms with E-state index < -0.39 is 0 Å². The number of nitrogens with one attached hydrogen (secondary N) is 1. The van der Waals surface area contributed by atoms with Crippen LogP contribution < -0.4 is 5.32 Å². The van der Waals surface area contributed by atoms with Crippen LogP contribution in [-0.2, 0) is 4.74 Å². The van der Waals surface area contributed by atoms with Gasteiger partial charge in [-0.15, -0.1) is 0 Å². The van der Waals surface area contributed by atoms with Crippen LogP contribution in [0, 0.1) is 5.41 Å². The second kappa shape index (κ2) is 4.84. The van der Waals surface area contributed by atoms with Gasteiger partial charge < -0.3 is 10.1 Å². The Morgan fingerprint density at radius 2 is 2.07 bits per heavy atom. The van der Waals surface area contributed by atoms with E-state index in [1.165, 1.54) is 19.3 Å². The van der Waals surface area contributed by atoms with Crippen molar-refractivity contribution in [3.8, 4) is 0 Å². The lowest BCUT2D eigenvalue weighted by Gasteiger charge is -2.30. The summed E-state index contributed by atoms with van der Waals surface area (Å²) >= 11 is 0. The molecule has 0 saturated heterocycles. The molecule has 1 fully saturated rings. The lowest BCUT2D eigenvalue weighted by Crippen LogP contribution is -2.40. The molecule has 0 aliphatic heterocycles. The monoisotopic (exact) mass is 213 g/mol. The van der Waals surface area contributed by atoms with Gasteiger partial charge in [0.15, 0.2) is 0 Å². The first-order valence-electron chi connectivity index (χ1n) is 6.16. The van der Waals surface area contributed by atoms with Crippen molar-refractivity contribution in [2.75, 3.05) is 13.7 Å². The van der Waals surface area contributed by atoms with Crippen molar-refractivity contribution in [1.82, 2.24) is 5.32 Å². The van der Waals surface area contributed by atoms with Crippen LogP contribution in [0.25, 0.3) is 0 Å². The Labute approximate surface area is 94.8 Å². The maximum Gasteiger partial charge on any atom is 0.0634 e. The zero-order valence-electron chi connectivity index (χ0n) is 11.0. The normalized spacial score (nSPS) is 25.8. The smallest absolute Gasteiger partial charge is 0.0634 e. The molecular formula is C13H27NO. The molecule has 1 rings (SSSR count). The van der Waals surface area contributed by atoms with Gasteiger partial charge in [-0.2, -0.15) is 0 Å². The molecule has 0 aromatic carbocycles. The molecule has 2 heteroatoms. The molecule has 0 bridgehead atoms. The second-order valence-electron chi connectivity index (χ2n) is 6.10. The Kier molecular flexibility index (Phi) is 4.19. The van der Waals surface area contributed by atoms with Gasteiger partial charge in [-0.25, -0.2) is 0 Å². The standard InChI is InChI=1S/C13H27NO/c1-12(2)8-6-7-11(12)14-10-9-13(3,4)15-5/h11,14H,6-10H2,1-5H3. The fourth-order valence-corrected chi connectivity index (χ4v) is 2.35. The molecule has 1 N–H and O–H groups in total. The molecule has 0 amide bonds. The zero-order chi connectivity index (χ0) is 11.5. The van der Waals surface area contributed by atoms with Gasteiger partial charge in [0.05, 0.1) is 5.60 Å². The molecule has 0 radical (unpaired) electrons. The van der Waals surface area contributed by atoms with E-state index in [4.69, 9.17) is 4.74 Å². The van der Waals surface area contributed by atoms with Gasteiger partial charge in [0.25, 0.3) is 0 Å². The van der Waals surface area contributed by atoms with Crippen molar-refractivity contribution >= 4 is 0 Å². The van der Waals surface area contributed by atoms with Crippen LogP contribution >= 0.6 is 0 Å². The minimum atomic E-state index is 0.00967. The van der Waals surface area contributed by atoms with E-state index in [-0.39, 0.29) is 5.60 Å². The van der Waals surface area contributed by atoms with Gasteiger partial charge >= 0.3 is 0 Å². The Balaban J connectivity index is 2.26. The van der Waals surface area contributed by atoms with Crippen molar-refractivity contribution in [2.45, 2.75) is 65.0 Å². The van der Waals surface area contributed by atoms with Gasteiger partial charge in [-0.3, -0.25) is 0 Å². The van der Waals surface area contributed by atoms with Crippen LogP contribution in [0.4, 0.5) is 0 Å². The summed E-state index contributed by atoms with van der Waals surface area (Å²) in [4.78, 5) is 0. The summed E-state index contributed by atoms with van der Waals surface area (Å²) < 4.78 is 5.41. The van der Waals surface area contributed by atoms with Gasteiger partial charge in [-0.1, -0.05) is 20.3 Å². The molecule has 1 aliphatic carbocycles. The highest BCUT2D eigenvalue weighted by Crippen LogP contribution is 2.37. The van der Waals surface area contributed by atoms with Crippen LogP contribution in [0.2, 0.25) is 0 Å². The third-order valence-corrected chi connectivity index (χ3v) is 3.93. The first kappa shape index (κ1) is 13.0.